The number of aryl methyl sites for hydroxylation is 2. The molecule has 0 bridgehead atoms. The average molecular weight is 500 g/mol. The van der Waals surface area contributed by atoms with E-state index in [4.69, 9.17) is 9.47 Å². The first-order valence-electron chi connectivity index (χ1n) is 10.4. The van der Waals surface area contributed by atoms with E-state index in [1.165, 1.54) is 19.2 Å². The van der Waals surface area contributed by atoms with Crippen LogP contribution in [0.3, 0.4) is 0 Å². The fraction of sp³-hybridized carbons (Fsp3) is 0.250. The molecule has 2 aromatic carbocycles. The SMILES string of the molecule is COc1ccc2c(c1)nc(S(=O)Cc1ncc(C)c(OC)c1C)n2S(=O)(=O)c1ccc(C)cc1. The highest BCUT2D eigenvalue weighted by atomic mass is 32.2. The van der Waals surface area contributed by atoms with Gasteiger partial charge in [-0.15, -0.1) is 0 Å². The van der Waals surface area contributed by atoms with E-state index in [-0.39, 0.29) is 15.8 Å². The predicted octanol–water partition coefficient (Wildman–Crippen LogP) is 3.92. The van der Waals surface area contributed by atoms with Gasteiger partial charge in [-0.05, 0) is 45.0 Å². The Morgan fingerprint density at radius 3 is 2.35 bits per heavy atom. The van der Waals surface area contributed by atoms with Crippen LogP contribution in [-0.4, -0.2) is 40.8 Å². The number of fused-ring (bicyclic) bond motifs is 1. The summed E-state index contributed by atoms with van der Waals surface area (Å²) in [5, 5.41) is -0.0791. The van der Waals surface area contributed by atoms with E-state index in [0.29, 0.717) is 28.2 Å². The summed E-state index contributed by atoms with van der Waals surface area (Å²) in [7, 11) is -2.83. The zero-order valence-corrected chi connectivity index (χ0v) is 21.2. The van der Waals surface area contributed by atoms with Crippen molar-refractivity contribution in [2.75, 3.05) is 14.2 Å². The Balaban J connectivity index is 1.89. The number of ether oxygens (including phenoxy) is 2. The molecule has 1 atom stereocenters. The molecule has 0 aliphatic heterocycles. The van der Waals surface area contributed by atoms with Crippen molar-refractivity contribution in [3.05, 3.63) is 71.0 Å². The predicted molar refractivity (Wildman–Crippen MR) is 130 cm³/mol. The standard InChI is InChI=1S/C24H25N3O5S2/c1-15-6-9-19(10-7-15)34(29,30)27-22-11-8-18(31-4)12-20(22)26-24(27)33(28)14-21-17(3)23(32-5)16(2)13-25-21/h6-13H,14H2,1-5H3. The minimum absolute atomic E-state index is 0.0215. The summed E-state index contributed by atoms with van der Waals surface area (Å²) >= 11 is 0. The molecular formula is C24H25N3O5S2. The number of hydrogen-bond acceptors (Lipinski definition) is 7. The second kappa shape index (κ2) is 9.19. The number of methoxy groups -OCH3 is 2. The van der Waals surface area contributed by atoms with E-state index < -0.39 is 20.8 Å². The zero-order valence-electron chi connectivity index (χ0n) is 19.5. The number of rotatable bonds is 7. The van der Waals surface area contributed by atoms with Gasteiger partial charge in [-0.25, -0.2) is 17.4 Å². The summed E-state index contributed by atoms with van der Waals surface area (Å²) in [4.78, 5) is 8.96. The van der Waals surface area contributed by atoms with Crippen LogP contribution in [-0.2, 0) is 26.6 Å². The van der Waals surface area contributed by atoms with E-state index >= 15 is 0 Å². The van der Waals surface area contributed by atoms with Gasteiger partial charge in [-0.3, -0.25) is 9.19 Å². The molecule has 1 unspecified atom stereocenters. The van der Waals surface area contributed by atoms with Gasteiger partial charge >= 0.3 is 0 Å². The fourth-order valence-electron chi connectivity index (χ4n) is 3.74. The van der Waals surface area contributed by atoms with Crippen LogP contribution in [0.15, 0.2) is 58.7 Å². The molecule has 34 heavy (non-hydrogen) atoms. The lowest BCUT2D eigenvalue weighted by Crippen LogP contribution is -2.18. The Morgan fingerprint density at radius 2 is 1.71 bits per heavy atom. The Bertz CT molecular complexity index is 1510. The van der Waals surface area contributed by atoms with Gasteiger partial charge in [-0.2, -0.15) is 0 Å². The zero-order chi connectivity index (χ0) is 24.6. The van der Waals surface area contributed by atoms with Crippen LogP contribution in [0.5, 0.6) is 11.5 Å². The van der Waals surface area contributed by atoms with E-state index in [0.717, 1.165) is 20.7 Å². The van der Waals surface area contributed by atoms with Crippen molar-refractivity contribution in [2.45, 2.75) is 36.6 Å². The quantitative estimate of drug-likeness (QED) is 0.380. The largest absolute Gasteiger partial charge is 0.497 e. The summed E-state index contributed by atoms with van der Waals surface area (Å²) in [6.45, 7) is 5.59. The van der Waals surface area contributed by atoms with Crippen molar-refractivity contribution in [1.29, 1.82) is 0 Å². The molecule has 4 aromatic rings. The van der Waals surface area contributed by atoms with Gasteiger partial charge in [0.05, 0.1) is 52.4 Å². The lowest BCUT2D eigenvalue weighted by molar-refractivity contribution is 0.407. The lowest BCUT2D eigenvalue weighted by Gasteiger charge is -2.13. The third kappa shape index (κ3) is 4.19. The monoisotopic (exact) mass is 499 g/mol. The molecule has 0 spiro atoms. The highest BCUT2D eigenvalue weighted by Gasteiger charge is 2.28. The maximum atomic E-state index is 13.7. The lowest BCUT2D eigenvalue weighted by atomic mass is 10.1. The van der Waals surface area contributed by atoms with E-state index in [2.05, 4.69) is 9.97 Å². The number of aromatic nitrogens is 3. The van der Waals surface area contributed by atoms with Crippen LogP contribution in [0.2, 0.25) is 0 Å². The van der Waals surface area contributed by atoms with Gasteiger partial charge in [0.1, 0.15) is 11.5 Å². The molecule has 8 nitrogen and oxygen atoms in total. The number of benzene rings is 2. The smallest absolute Gasteiger partial charge is 0.270 e. The summed E-state index contributed by atoms with van der Waals surface area (Å²) < 4.78 is 52.7. The van der Waals surface area contributed by atoms with Crippen LogP contribution in [0.4, 0.5) is 0 Å². The van der Waals surface area contributed by atoms with Gasteiger partial charge in [0.25, 0.3) is 10.0 Å². The van der Waals surface area contributed by atoms with Crippen LogP contribution < -0.4 is 9.47 Å². The number of imidazole rings is 1. The minimum atomic E-state index is -4.08. The second-order valence-electron chi connectivity index (χ2n) is 7.87. The molecule has 4 rings (SSSR count). The highest BCUT2D eigenvalue weighted by molar-refractivity contribution is 7.91. The van der Waals surface area contributed by atoms with Crippen LogP contribution in [0.25, 0.3) is 11.0 Å². The molecule has 0 N–H and O–H groups in total. The third-order valence-electron chi connectivity index (χ3n) is 5.57. The van der Waals surface area contributed by atoms with Gasteiger partial charge in [0, 0.05) is 23.4 Å². The van der Waals surface area contributed by atoms with Crippen LogP contribution >= 0.6 is 0 Å². The van der Waals surface area contributed by atoms with Gasteiger partial charge < -0.3 is 9.47 Å². The molecular weight excluding hydrogens is 474 g/mol. The van der Waals surface area contributed by atoms with Crippen molar-refractivity contribution >= 4 is 31.9 Å². The molecule has 0 amide bonds. The summed E-state index contributed by atoms with van der Waals surface area (Å²) in [6, 6.07) is 11.4. The molecule has 0 saturated carbocycles. The Morgan fingerprint density at radius 1 is 1.00 bits per heavy atom. The average Bonchev–Trinajstić information content (AvgIpc) is 3.21. The van der Waals surface area contributed by atoms with Gasteiger partial charge in [-0.1, -0.05) is 17.7 Å². The Labute approximate surface area is 201 Å². The van der Waals surface area contributed by atoms with Crippen molar-refractivity contribution in [3.8, 4) is 11.5 Å². The van der Waals surface area contributed by atoms with Crippen molar-refractivity contribution in [3.63, 3.8) is 0 Å². The van der Waals surface area contributed by atoms with Crippen LogP contribution in [0, 0.1) is 20.8 Å². The molecule has 10 heteroatoms. The van der Waals surface area contributed by atoms with Crippen molar-refractivity contribution < 1.29 is 22.1 Å². The summed E-state index contributed by atoms with van der Waals surface area (Å²) in [5.41, 5.74) is 3.76. The first-order valence-corrected chi connectivity index (χ1v) is 13.2. The number of nitrogens with zero attached hydrogens (tertiary/aromatic N) is 3. The van der Waals surface area contributed by atoms with Gasteiger partial charge in [0.15, 0.2) is 0 Å². The van der Waals surface area contributed by atoms with Gasteiger partial charge in [0.2, 0.25) is 5.16 Å². The number of hydrogen-bond donors (Lipinski definition) is 0. The van der Waals surface area contributed by atoms with E-state index in [9.17, 15) is 12.6 Å². The maximum absolute atomic E-state index is 13.7. The molecule has 0 fully saturated rings. The van der Waals surface area contributed by atoms with Crippen molar-refractivity contribution in [2.24, 2.45) is 0 Å². The van der Waals surface area contributed by atoms with E-state index in [1.54, 1.807) is 43.6 Å². The fourth-order valence-corrected chi connectivity index (χ4v) is 6.79. The molecule has 2 heterocycles. The first-order chi connectivity index (χ1) is 16.2. The molecule has 0 saturated heterocycles. The Kier molecular flexibility index (Phi) is 6.46. The van der Waals surface area contributed by atoms with E-state index in [1.807, 2.05) is 20.8 Å². The summed E-state index contributed by atoms with van der Waals surface area (Å²) in [6.07, 6.45) is 1.65. The third-order valence-corrected chi connectivity index (χ3v) is 8.62. The highest BCUT2D eigenvalue weighted by Crippen LogP contribution is 2.30. The topological polar surface area (TPSA) is 100 Å². The normalized spacial score (nSPS) is 12.6. The molecule has 178 valence electrons. The molecule has 0 radical (unpaired) electrons. The Hall–Kier alpha value is -3.24. The summed E-state index contributed by atoms with van der Waals surface area (Å²) in [5.74, 6) is 1.15. The molecule has 0 aliphatic rings. The van der Waals surface area contributed by atoms with Crippen molar-refractivity contribution in [1.82, 2.24) is 13.9 Å². The minimum Gasteiger partial charge on any atom is -0.497 e. The molecule has 2 aromatic heterocycles. The molecule has 0 aliphatic carbocycles. The number of pyridine rings is 1. The van der Waals surface area contributed by atoms with Crippen LogP contribution in [0.1, 0.15) is 22.4 Å². The second-order valence-corrected chi connectivity index (χ2v) is 11.0. The first kappa shape index (κ1) is 23.9. The maximum Gasteiger partial charge on any atom is 0.270 e.